The molecule has 0 radical (unpaired) electrons. The van der Waals surface area contributed by atoms with E-state index in [0.29, 0.717) is 40.1 Å². The number of nitrogens with zero attached hydrogens (tertiary/aromatic N) is 4. The maximum atomic E-state index is 13.1. The zero-order valence-corrected chi connectivity index (χ0v) is 25.9. The van der Waals surface area contributed by atoms with Gasteiger partial charge in [-0.25, -0.2) is 14.8 Å². The van der Waals surface area contributed by atoms with Gasteiger partial charge in [0.2, 0.25) is 0 Å². The molecule has 0 unspecified atom stereocenters. The molecule has 2 aromatic rings. The number of nitrogen functional groups attached to an aromatic ring is 1. The second kappa shape index (κ2) is 13.8. The summed E-state index contributed by atoms with van der Waals surface area (Å²) >= 11 is 8.42. The highest BCUT2D eigenvalue weighted by Crippen LogP contribution is 2.48. The molecule has 0 saturated carbocycles. The highest BCUT2D eigenvalue weighted by molar-refractivity contribution is 8.08. The summed E-state index contributed by atoms with van der Waals surface area (Å²) < 4.78 is 1.70. The Balaban J connectivity index is 1.53. The molecule has 19 heteroatoms. The molecule has 40 heavy (non-hydrogen) atoms. The summed E-state index contributed by atoms with van der Waals surface area (Å²) in [6.07, 6.45) is 0. The van der Waals surface area contributed by atoms with Crippen molar-refractivity contribution in [3.8, 4) is 0 Å². The molecule has 1 fully saturated rings. The minimum absolute atomic E-state index is 0.112. The molecule has 2 aromatic heterocycles. The van der Waals surface area contributed by atoms with Crippen molar-refractivity contribution < 1.29 is 24.7 Å². The first-order chi connectivity index (χ1) is 19.2. The number of carbonyl (C=O) groups is 3. The van der Waals surface area contributed by atoms with Crippen LogP contribution in [0.5, 0.6) is 0 Å². The number of aryl methyl sites for hydroxylation is 1. The summed E-state index contributed by atoms with van der Waals surface area (Å²) in [6, 6.07) is -1.00. The van der Waals surface area contributed by atoms with Crippen molar-refractivity contribution in [1.29, 1.82) is 0 Å². The molecule has 9 N–H and O–H groups in total. The molecular weight excluding hydrogens is 637 g/mol. The second-order valence-electron chi connectivity index (χ2n) is 8.14. The third-order valence-corrected chi connectivity index (χ3v) is 12.3. The van der Waals surface area contributed by atoms with Gasteiger partial charge < -0.3 is 32.8 Å². The zero-order valence-electron chi connectivity index (χ0n) is 21.0. The molecule has 0 aliphatic carbocycles. The number of carbonyl (C=O) groups excluding carboxylic acids is 2. The van der Waals surface area contributed by atoms with E-state index in [2.05, 4.69) is 15.5 Å². The van der Waals surface area contributed by atoms with E-state index in [1.54, 1.807) is 30.4 Å². The van der Waals surface area contributed by atoms with Crippen LogP contribution in [-0.4, -0.2) is 90.4 Å². The lowest BCUT2D eigenvalue weighted by Crippen LogP contribution is -2.71. The summed E-state index contributed by atoms with van der Waals surface area (Å²) in [4.78, 5) is 49.4. The standard InChI is InChI=1S/C21H26N8O5S6/c1-8-11(27-20(24)38-8)12(28-34)15(30)26-13-16(31)29-14(18(32)33)10(7-37-17(13)29)39-19-9(6-35-4-2-22)25-21(40-19)36-5-3-23/h13,17,34H,2-7,22-23H2,1H3,(H2,24,27)(H,26,30)(H,32,33)/b28-12-/t13-,17-/m1/s1. The highest BCUT2D eigenvalue weighted by atomic mass is 32.2. The second-order valence-corrected chi connectivity index (χ2v) is 15.3. The van der Waals surface area contributed by atoms with E-state index in [-0.39, 0.29) is 22.2 Å². The van der Waals surface area contributed by atoms with Crippen molar-refractivity contribution >= 4 is 98.3 Å². The molecule has 13 nitrogen and oxygen atoms in total. The Morgan fingerprint density at radius 3 is 2.60 bits per heavy atom. The Morgan fingerprint density at radius 2 is 1.98 bits per heavy atom. The molecular formula is C21H26N8O5S6. The van der Waals surface area contributed by atoms with E-state index in [0.717, 1.165) is 31.3 Å². The van der Waals surface area contributed by atoms with E-state index in [4.69, 9.17) is 22.2 Å². The summed E-state index contributed by atoms with van der Waals surface area (Å²) in [5.41, 5.74) is 17.4. The Kier molecular flexibility index (Phi) is 10.7. The number of rotatable bonds is 13. The molecule has 0 bridgehead atoms. The molecule has 2 aliphatic rings. The van der Waals surface area contributed by atoms with Gasteiger partial charge in [0.25, 0.3) is 11.8 Å². The van der Waals surface area contributed by atoms with Gasteiger partial charge >= 0.3 is 5.97 Å². The fourth-order valence-corrected chi connectivity index (χ4v) is 10.4. The number of aliphatic carboxylic acids is 1. The Morgan fingerprint density at radius 1 is 1.23 bits per heavy atom. The van der Waals surface area contributed by atoms with Crippen LogP contribution in [0.3, 0.4) is 0 Å². The van der Waals surface area contributed by atoms with Crippen LogP contribution in [0.4, 0.5) is 5.13 Å². The first-order valence-electron chi connectivity index (χ1n) is 11.7. The van der Waals surface area contributed by atoms with Crippen LogP contribution in [0, 0.1) is 6.92 Å². The predicted molar refractivity (Wildman–Crippen MR) is 162 cm³/mol. The number of carboxylic acid groups (broad SMARTS) is 1. The maximum absolute atomic E-state index is 13.1. The SMILES string of the molecule is Cc1sc(N)nc1/C(=N/O)C(=O)N[C@@H]1C(=O)N2C(C(=O)O)=C(Sc3sc(SCCN)nc3CSCCN)CS[C@H]12. The van der Waals surface area contributed by atoms with Gasteiger partial charge in [-0.15, -0.1) is 34.4 Å². The topological polar surface area (TPSA) is 223 Å². The van der Waals surface area contributed by atoms with Gasteiger partial charge in [-0.3, -0.25) is 14.5 Å². The Hall–Kier alpha value is -2.00. The minimum atomic E-state index is -1.24. The number of amides is 2. The molecule has 216 valence electrons. The van der Waals surface area contributed by atoms with Crippen molar-refractivity contribution in [3.63, 3.8) is 0 Å². The van der Waals surface area contributed by atoms with Crippen LogP contribution in [0.15, 0.2) is 24.3 Å². The van der Waals surface area contributed by atoms with Crippen LogP contribution >= 0.6 is 69.7 Å². The van der Waals surface area contributed by atoms with Gasteiger partial charge in [-0.2, -0.15) is 11.8 Å². The molecule has 2 amide bonds. The predicted octanol–water partition coefficient (Wildman–Crippen LogP) is 1.40. The lowest BCUT2D eigenvalue weighted by molar-refractivity contribution is -0.150. The number of thiazole rings is 2. The third-order valence-electron chi connectivity index (χ3n) is 5.48. The molecule has 4 heterocycles. The molecule has 2 aliphatic heterocycles. The molecule has 1 saturated heterocycles. The van der Waals surface area contributed by atoms with Crippen LogP contribution < -0.4 is 22.5 Å². The monoisotopic (exact) mass is 662 g/mol. The summed E-state index contributed by atoms with van der Waals surface area (Å²) in [6.45, 7) is 2.72. The van der Waals surface area contributed by atoms with Crippen LogP contribution in [0.1, 0.15) is 16.3 Å². The number of nitrogens with one attached hydrogen (secondary N) is 1. The fourth-order valence-electron chi connectivity index (χ4n) is 3.78. The highest BCUT2D eigenvalue weighted by Gasteiger charge is 2.54. The van der Waals surface area contributed by atoms with E-state index >= 15 is 0 Å². The molecule has 0 aromatic carbocycles. The van der Waals surface area contributed by atoms with Crippen molar-refractivity contribution in [1.82, 2.24) is 20.2 Å². The normalized spacial score (nSPS) is 19.0. The lowest BCUT2D eigenvalue weighted by Gasteiger charge is -2.49. The first kappa shape index (κ1) is 30.9. The van der Waals surface area contributed by atoms with E-state index in [9.17, 15) is 24.7 Å². The summed E-state index contributed by atoms with van der Waals surface area (Å²) in [5, 5.41) is 24.7. The number of thioether (sulfide) groups is 4. The zero-order chi connectivity index (χ0) is 29.0. The number of oxime groups is 1. The number of hydrogen-bond donors (Lipinski definition) is 6. The quantitative estimate of drug-likeness (QED) is 0.0446. The lowest BCUT2D eigenvalue weighted by atomic mass is 10.0. The Bertz CT molecular complexity index is 1360. The average molecular weight is 663 g/mol. The van der Waals surface area contributed by atoms with Crippen molar-refractivity contribution in [2.45, 2.75) is 32.6 Å². The number of nitrogens with two attached hydrogens (primary N) is 3. The molecule has 0 spiro atoms. The van der Waals surface area contributed by atoms with E-state index in [1.165, 1.54) is 39.8 Å². The van der Waals surface area contributed by atoms with E-state index in [1.807, 2.05) is 0 Å². The number of aromatic nitrogens is 2. The van der Waals surface area contributed by atoms with Crippen molar-refractivity contribution in [2.24, 2.45) is 16.6 Å². The first-order valence-corrected chi connectivity index (χ1v) is 17.3. The molecule has 2 atom stereocenters. The summed E-state index contributed by atoms with van der Waals surface area (Å²) in [7, 11) is 0. The fraction of sp³-hybridized carbons (Fsp3) is 0.429. The smallest absolute Gasteiger partial charge is 0.353 e. The van der Waals surface area contributed by atoms with Crippen LogP contribution in [0.2, 0.25) is 0 Å². The van der Waals surface area contributed by atoms with E-state index < -0.39 is 29.2 Å². The maximum Gasteiger partial charge on any atom is 0.353 e. The van der Waals surface area contributed by atoms with Gasteiger partial charge in [0.05, 0.1) is 9.90 Å². The summed E-state index contributed by atoms with van der Waals surface area (Å²) in [5.74, 6) is -0.215. The van der Waals surface area contributed by atoms with Gasteiger partial charge in [0.1, 0.15) is 22.8 Å². The van der Waals surface area contributed by atoms with Crippen molar-refractivity contribution in [3.05, 3.63) is 26.9 Å². The average Bonchev–Trinajstić information content (AvgIpc) is 3.47. The number of fused-ring (bicyclic) bond motifs is 1. The third kappa shape index (κ3) is 6.56. The number of hydrogen-bond acceptors (Lipinski definition) is 16. The Labute approximate surface area is 254 Å². The molecule has 4 rings (SSSR count). The van der Waals surface area contributed by atoms with Crippen LogP contribution in [0.25, 0.3) is 0 Å². The van der Waals surface area contributed by atoms with Gasteiger partial charge in [0, 0.05) is 45.9 Å². The number of β-lactam (4-membered cyclic amide) rings is 1. The van der Waals surface area contributed by atoms with Crippen molar-refractivity contribution in [2.75, 3.05) is 36.1 Å². The number of anilines is 1. The van der Waals surface area contributed by atoms with Gasteiger partial charge in [0.15, 0.2) is 15.2 Å². The van der Waals surface area contributed by atoms with Crippen LogP contribution in [-0.2, 0) is 20.1 Å². The van der Waals surface area contributed by atoms with Gasteiger partial charge in [-0.1, -0.05) is 28.7 Å². The van der Waals surface area contributed by atoms with Gasteiger partial charge in [-0.05, 0) is 6.92 Å². The number of carboxylic acids is 1. The minimum Gasteiger partial charge on any atom is -0.477 e. The largest absolute Gasteiger partial charge is 0.477 e.